The SMILES string of the molecule is CCl.CN(C(=O)OC[n+]1cccc(C(=O)NCCC(N)=O)c1)C1(c2ccccc2Cl)CCCCC1=O. The quantitative estimate of drug-likeness (QED) is 0.395. The van der Waals surface area contributed by atoms with Gasteiger partial charge in [0.05, 0.1) is 0 Å². The van der Waals surface area contributed by atoms with E-state index in [0.29, 0.717) is 29.0 Å². The van der Waals surface area contributed by atoms with E-state index in [0.717, 1.165) is 12.8 Å². The van der Waals surface area contributed by atoms with Crippen molar-refractivity contribution in [1.82, 2.24) is 10.2 Å². The molecular weight excluding hydrogens is 507 g/mol. The molecule has 1 fully saturated rings. The minimum absolute atomic E-state index is 0.0361. The van der Waals surface area contributed by atoms with E-state index in [9.17, 15) is 19.2 Å². The molecule has 0 spiro atoms. The predicted octanol–water partition coefficient (Wildman–Crippen LogP) is 3.15. The fourth-order valence-electron chi connectivity index (χ4n) is 4.15. The number of nitrogens with zero attached hydrogens (tertiary/aromatic N) is 2. The summed E-state index contributed by atoms with van der Waals surface area (Å²) in [6, 6.07) is 10.3. The molecule has 2 aromatic rings. The van der Waals surface area contributed by atoms with Crippen molar-refractivity contribution in [3.8, 4) is 0 Å². The molecule has 1 aromatic heterocycles. The molecule has 1 atom stereocenters. The smallest absolute Gasteiger partial charge is 0.388 e. The largest absolute Gasteiger partial charge is 0.415 e. The summed E-state index contributed by atoms with van der Waals surface area (Å²) in [7, 11) is 1.54. The number of aromatic nitrogens is 1. The molecular formula is C25H31Cl2N4O5+. The van der Waals surface area contributed by atoms with Gasteiger partial charge in [0.1, 0.15) is 11.1 Å². The van der Waals surface area contributed by atoms with E-state index in [1.165, 1.54) is 22.0 Å². The maximum atomic E-state index is 13.2. The van der Waals surface area contributed by atoms with Gasteiger partial charge in [-0.2, -0.15) is 4.57 Å². The molecule has 1 aliphatic rings. The lowest BCUT2D eigenvalue weighted by atomic mass is 9.74. The van der Waals surface area contributed by atoms with Gasteiger partial charge in [0.25, 0.3) is 12.6 Å². The molecule has 1 aromatic carbocycles. The van der Waals surface area contributed by atoms with Crippen LogP contribution in [0.4, 0.5) is 4.79 Å². The summed E-state index contributed by atoms with van der Waals surface area (Å²) in [5.74, 6) is -0.969. The molecule has 11 heteroatoms. The number of likely N-dealkylation sites (N-methyl/N-ethyl adjacent to an activating group) is 1. The Kier molecular flexibility index (Phi) is 11.1. The molecule has 0 aliphatic heterocycles. The topological polar surface area (TPSA) is 123 Å². The van der Waals surface area contributed by atoms with Gasteiger partial charge in [0.15, 0.2) is 18.2 Å². The molecule has 1 unspecified atom stereocenters. The molecule has 194 valence electrons. The van der Waals surface area contributed by atoms with Gasteiger partial charge in [-0.3, -0.25) is 19.3 Å². The van der Waals surface area contributed by atoms with Crippen LogP contribution >= 0.6 is 23.2 Å². The summed E-state index contributed by atoms with van der Waals surface area (Å²) in [4.78, 5) is 50.6. The molecule has 0 bridgehead atoms. The molecule has 3 N–H and O–H groups in total. The van der Waals surface area contributed by atoms with E-state index in [1.54, 1.807) is 49.6 Å². The van der Waals surface area contributed by atoms with Crippen LogP contribution in [0.2, 0.25) is 5.02 Å². The molecule has 36 heavy (non-hydrogen) atoms. The second-order valence-electron chi connectivity index (χ2n) is 8.15. The van der Waals surface area contributed by atoms with Gasteiger partial charge in [-0.1, -0.05) is 29.8 Å². The third-order valence-electron chi connectivity index (χ3n) is 5.93. The molecule has 3 amide bonds. The first kappa shape index (κ1) is 29.1. The van der Waals surface area contributed by atoms with Gasteiger partial charge in [-0.15, -0.1) is 11.6 Å². The third-order valence-corrected chi connectivity index (χ3v) is 6.26. The van der Waals surface area contributed by atoms with Crippen LogP contribution in [0.3, 0.4) is 0 Å². The fraction of sp³-hybridized carbons (Fsp3) is 0.400. The van der Waals surface area contributed by atoms with Crippen LogP contribution in [0.1, 0.15) is 48.0 Å². The number of pyridine rings is 1. The van der Waals surface area contributed by atoms with Gasteiger partial charge in [-0.05, 0) is 31.4 Å². The summed E-state index contributed by atoms with van der Waals surface area (Å²) in [5, 5.41) is 3.02. The fourth-order valence-corrected chi connectivity index (χ4v) is 4.44. The zero-order valence-electron chi connectivity index (χ0n) is 20.3. The molecule has 0 radical (unpaired) electrons. The van der Waals surface area contributed by atoms with Crippen molar-refractivity contribution in [2.75, 3.05) is 20.0 Å². The number of amides is 3. The van der Waals surface area contributed by atoms with Crippen molar-refractivity contribution in [3.05, 3.63) is 64.9 Å². The third kappa shape index (κ3) is 6.95. The first-order valence-electron chi connectivity index (χ1n) is 11.4. The Morgan fingerprint density at radius 3 is 2.56 bits per heavy atom. The number of nitrogens with one attached hydrogen (secondary N) is 1. The highest BCUT2D eigenvalue weighted by molar-refractivity contribution is 6.31. The van der Waals surface area contributed by atoms with Gasteiger partial charge >= 0.3 is 6.09 Å². The van der Waals surface area contributed by atoms with Crippen LogP contribution in [-0.2, 0) is 26.6 Å². The maximum absolute atomic E-state index is 13.2. The predicted molar refractivity (Wildman–Crippen MR) is 135 cm³/mol. The summed E-state index contributed by atoms with van der Waals surface area (Å²) in [5.41, 5.74) is 4.79. The van der Waals surface area contributed by atoms with Crippen molar-refractivity contribution in [2.24, 2.45) is 5.73 Å². The highest BCUT2D eigenvalue weighted by atomic mass is 35.5. The maximum Gasteiger partial charge on any atom is 0.415 e. The number of nitrogens with two attached hydrogens (primary N) is 1. The Labute approximate surface area is 220 Å². The Balaban J connectivity index is 0.00000222. The summed E-state index contributed by atoms with van der Waals surface area (Å²) < 4.78 is 7.01. The Morgan fingerprint density at radius 2 is 1.89 bits per heavy atom. The number of alkyl halides is 1. The van der Waals surface area contributed by atoms with Crippen LogP contribution in [0.25, 0.3) is 0 Å². The molecule has 1 aliphatic carbocycles. The second kappa shape index (κ2) is 13.8. The van der Waals surface area contributed by atoms with Crippen molar-refractivity contribution in [1.29, 1.82) is 0 Å². The van der Waals surface area contributed by atoms with Crippen LogP contribution in [-0.4, -0.2) is 48.6 Å². The summed E-state index contributed by atoms with van der Waals surface area (Å²) in [6.07, 6.45) is 6.33. The van der Waals surface area contributed by atoms with Crippen molar-refractivity contribution in [2.45, 2.75) is 44.4 Å². The molecule has 1 saturated carbocycles. The standard InChI is InChI=1S/C24H27ClN4O5.CH3Cl/c1-28(24(12-5-4-10-20(24)30)18-8-2-3-9-19(18)25)23(33)34-16-29-14-6-7-17(15-29)22(32)27-13-11-21(26)31;1-2/h2-3,6-9,14-15H,4-5,10-13,16H2,1H3,(H2-,26,27,31,32);1H3/p+1. The van der Waals surface area contributed by atoms with E-state index < -0.39 is 17.5 Å². The number of Topliss-reactive ketones (excluding diaryl/α,β-unsaturated/α-hetero) is 1. The van der Waals surface area contributed by atoms with Crippen LogP contribution in [0.5, 0.6) is 0 Å². The van der Waals surface area contributed by atoms with Gasteiger partial charge < -0.3 is 15.8 Å². The number of primary amides is 1. The molecule has 0 saturated heterocycles. The number of benzene rings is 1. The Morgan fingerprint density at radius 1 is 1.17 bits per heavy atom. The van der Waals surface area contributed by atoms with Crippen molar-refractivity contribution < 1.29 is 28.5 Å². The lowest BCUT2D eigenvalue weighted by Crippen LogP contribution is -2.55. The lowest BCUT2D eigenvalue weighted by molar-refractivity contribution is -0.727. The van der Waals surface area contributed by atoms with Gasteiger partial charge in [-0.25, -0.2) is 4.79 Å². The second-order valence-corrected chi connectivity index (χ2v) is 8.56. The van der Waals surface area contributed by atoms with Crippen LogP contribution in [0, 0.1) is 0 Å². The van der Waals surface area contributed by atoms with Crippen LogP contribution in [0.15, 0.2) is 48.8 Å². The summed E-state index contributed by atoms with van der Waals surface area (Å²) in [6.45, 7) is -0.0423. The van der Waals surface area contributed by atoms with E-state index in [-0.39, 0.29) is 31.4 Å². The Bertz CT molecular complexity index is 1100. The van der Waals surface area contributed by atoms with E-state index in [2.05, 4.69) is 16.9 Å². The van der Waals surface area contributed by atoms with Crippen molar-refractivity contribution >= 4 is 46.9 Å². The van der Waals surface area contributed by atoms with Gasteiger partial charge in [0, 0.05) is 49.5 Å². The first-order chi connectivity index (χ1) is 17.3. The lowest BCUT2D eigenvalue weighted by Gasteiger charge is -2.43. The number of ether oxygens (including phenoxy) is 1. The average molecular weight is 538 g/mol. The normalized spacial score (nSPS) is 16.8. The Hall–Kier alpha value is -3.17. The van der Waals surface area contributed by atoms with Gasteiger partial charge in [0.2, 0.25) is 5.91 Å². The van der Waals surface area contributed by atoms with E-state index >= 15 is 0 Å². The number of rotatable bonds is 8. The van der Waals surface area contributed by atoms with Crippen molar-refractivity contribution in [3.63, 3.8) is 0 Å². The molecule has 3 rings (SSSR count). The van der Waals surface area contributed by atoms with E-state index in [4.69, 9.17) is 22.1 Å². The molecule has 9 nitrogen and oxygen atoms in total. The molecule has 1 heterocycles. The van der Waals surface area contributed by atoms with Crippen LogP contribution < -0.4 is 15.6 Å². The number of carbonyl (C=O) groups is 4. The number of hydrogen-bond acceptors (Lipinski definition) is 5. The average Bonchev–Trinajstić information content (AvgIpc) is 2.89. The first-order valence-corrected chi connectivity index (χ1v) is 12.5. The number of halogens is 2. The minimum atomic E-state index is -1.19. The van der Waals surface area contributed by atoms with E-state index in [1.807, 2.05) is 0 Å². The minimum Gasteiger partial charge on any atom is -0.388 e. The zero-order chi connectivity index (χ0) is 26.7. The monoisotopic (exact) mass is 537 g/mol. The highest BCUT2D eigenvalue weighted by Gasteiger charge is 2.48. The number of ketones is 1. The number of carbonyl (C=O) groups excluding carboxylic acids is 4. The summed E-state index contributed by atoms with van der Waals surface area (Å²) >= 11 is 11.1. The zero-order valence-corrected chi connectivity index (χ0v) is 21.8. The highest BCUT2D eigenvalue weighted by Crippen LogP contribution is 2.42. The number of hydrogen-bond donors (Lipinski definition) is 2.